The molecule has 1 amide bonds. The quantitative estimate of drug-likeness (QED) is 0.581. The van der Waals surface area contributed by atoms with E-state index >= 15 is 0 Å². The molecule has 0 aliphatic rings. The molecule has 0 saturated carbocycles. The standard InChI is InChI=1S/C19H21FN2O4/c1-13(14-8-9-17(25-3)15(10-14)11-24-2)21-22-19(23)12-26-18-7-5-4-6-16(18)20/h4-10H,11-12H2,1-3H3,(H,22,23)/b21-13-. The van der Waals surface area contributed by atoms with Gasteiger partial charge in [-0.25, -0.2) is 9.82 Å². The van der Waals surface area contributed by atoms with Gasteiger partial charge >= 0.3 is 0 Å². The number of amides is 1. The molecule has 0 heterocycles. The Hall–Kier alpha value is -2.93. The number of para-hydroxylation sites is 1. The van der Waals surface area contributed by atoms with Crippen LogP contribution in [0.25, 0.3) is 0 Å². The maximum atomic E-state index is 13.4. The fourth-order valence-corrected chi connectivity index (χ4v) is 2.22. The number of carbonyl (C=O) groups excluding carboxylic acids is 1. The zero-order valence-electron chi connectivity index (χ0n) is 14.9. The van der Waals surface area contributed by atoms with Crippen molar-refractivity contribution in [1.82, 2.24) is 5.43 Å². The number of halogens is 1. The Bertz CT molecular complexity index is 793. The van der Waals surface area contributed by atoms with E-state index in [2.05, 4.69) is 10.5 Å². The van der Waals surface area contributed by atoms with Gasteiger partial charge in [0.2, 0.25) is 0 Å². The molecule has 2 rings (SSSR count). The number of nitrogens with zero attached hydrogens (tertiary/aromatic N) is 1. The maximum absolute atomic E-state index is 13.4. The van der Waals surface area contributed by atoms with Crippen LogP contribution in [0.5, 0.6) is 11.5 Å². The van der Waals surface area contributed by atoms with Gasteiger partial charge in [-0.2, -0.15) is 5.10 Å². The van der Waals surface area contributed by atoms with E-state index in [4.69, 9.17) is 14.2 Å². The molecule has 0 fully saturated rings. The molecule has 0 bridgehead atoms. The molecule has 0 aliphatic heterocycles. The number of benzene rings is 2. The minimum Gasteiger partial charge on any atom is -0.496 e. The molecular weight excluding hydrogens is 339 g/mol. The van der Waals surface area contributed by atoms with Gasteiger partial charge in [-0.1, -0.05) is 12.1 Å². The van der Waals surface area contributed by atoms with E-state index in [1.54, 1.807) is 33.3 Å². The lowest BCUT2D eigenvalue weighted by atomic mass is 10.1. The van der Waals surface area contributed by atoms with Crippen molar-refractivity contribution in [2.45, 2.75) is 13.5 Å². The second kappa shape index (κ2) is 9.53. The second-order valence-corrected chi connectivity index (χ2v) is 5.41. The summed E-state index contributed by atoms with van der Waals surface area (Å²) in [6.45, 7) is 1.82. The van der Waals surface area contributed by atoms with E-state index in [0.29, 0.717) is 18.1 Å². The average Bonchev–Trinajstić information content (AvgIpc) is 2.65. The van der Waals surface area contributed by atoms with E-state index in [1.807, 2.05) is 18.2 Å². The lowest BCUT2D eigenvalue weighted by Crippen LogP contribution is -2.25. The van der Waals surface area contributed by atoms with Crippen LogP contribution >= 0.6 is 0 Å². The second-order valence-electron chi connectivity index (χ2n) is 5.41. The molecule has 2 aromatic carbocycles. The van der Waals surface area contributed by atoms with Crippen molar-refractivity contribution >= 4 is 11.6 Å². The van der Waals surface area contributed by atoms with Crippen LogP contribution in [-0.2, 0) is 16.1 Å². The molecule has 0 aromatic heterocycles. The number of methoxy groups -OCH3 is 2. The molecule has 138 valence electrons. The van der Waals surface area contributed by atoms with Gasteiger partial charge in [0.25, 0.3) is 5.91 Å². The van der Waals surface area contributed by atoms with Crippen LogP contribution in [0.15, 0.2) is 47.6 Å². The first-order valence-corrected chi connectivity index (χ1v) is 7.91. The van der Waals surface area contributed by atoms with E-state index in [1.165, 1.54) is 12.1 Å². The van der Waals surface area contributed by atoms with Gasteiger partial charge in [0, 0.05) is 12.7 Å². The first kappa shape index (κ1) is 19.4. The Kier molecular flexibility index (Phi) is 7.11. The van der Waals surface area contributed by atoms with Gasteiger partial charge in [0.05, 0.1) is 19.4 Å². The fourth-order valence-electron chi connectivity index (χ4n) is 2.22. The number of carbonyl (C=O) groups is 1. The van der Waals surface area contributed by atoms with E-state index < -0.39 is 11.7 Å². The molecule has 0 radical (unpaired) electrons. The highest BCUT2D eigenvalue weighted by Crippen LogP contribution is 2.21. The van der Waals surface area contributed by atoms with Gasteiger partial charge in [-0.15, -0.1) is 0 Å². The maximum Gasteiger partial charge on any atom is 0.277 e. The first-order chi connectivity index (χ1) is 12.5. The molecule has 7 heteroatoms. The minimum absolute atomic E-state index is 0.0164. The molecule has 0 atom stereocenters. The van der Waals surface area contributed by atoms with Crippen molar-refractivity contribution in [3.63, 3.8) is 0 Å². The van der Waals surface area contributed by atoms with Crippen LogP contribution in [0.2, 0.25) is 0 Å². The Morgan fingerprint density at radius 1 is 1.15 bits per heavy atom. The van der Waals surface area contributed by atoms with Crippen molar-refractivity contribution in [3.8, 4) is 11.5 Å². The summed E-state index contributed by atoms with van der Waals surface area (Å²) in [6.07, 6.45) is 0. The topological polar surface area (TPSA) is 69.2 Å². The van der Waals surface area contributed by atoms with Crippen molar-refractivity contribution in [2.24, 2.45) is 5.10 Å². The summed E-state index contributed by atoms with van der Waals surface area (Å²) in [4.78, 5) is 11.8. The van der Waals surface area contributed by atoms with Crippen molar-refractivity contribution in [1.29, 1.82) is 0 Å². The van der Waals surface area contributed by atoms with E-state index in [-0.39, 0.29) is 12.4 Å². The van der Waals surface area contributed by atoms with Crippen LogP contribution in [0.1, 0.15) is 18.1 Å². The third-order valence-corrected chi connectivity index (χ3v) is 3.54. The van der Waals surface area contributed by atoms with Gasteiger partial charge in [-0.3, -0.25) is 4.79 Å². The van der Waals surface area contributed by atoms with E-state index in [0.717, 1.165) is 11.1 Å². The van der Waals surface area contributed by atoms with Gasteiger partial charge < -0.3 is 14.2 Å². The zero-order chi connectivity index (χ0) is 18.9. The van der Waals surface area contributed by atoms with Crippen LogP contribution in [0.4, 0.5) is 4.39 Å². The van der Waals surface area contributed by atoms with Gasteiger partial charge in [0.15, 0.2) is 18.2 Å². The van der Waals surface area contributed by atoms with Crippen molar-refractivity contribution in [2.75, 3.05) is 20.8 Å². The average molecular weight is 360 g/mol. The van der Waals surface area contributed by atoms with Crippen LogP contribution in [0, 0.1) is 5.82 Å². The molecule has 0 aliphatic carbocycles. The number of hydrogen-bond acceptors (Lipinski definition) is 5. The highest BCUT2D eigenvalue weighted by molar-refractivity contribution is 5.99. The predicted octanol–water partition coefficient (Wildman–Crippen LogP) is 2.90. The third-order valence-electron chi connectivity index (χ3n) is 3.54. The summed E-state index contributed by atoms with van der Waals surface area (Å²) in [5, 5.41) is 4.05. The van der Waals surface area contributed by atoms with Crippen LogP contribution in [0.3, 0.4) is 0 Å². The molecule has 6 nitrogen and oxygen atoms in total. The Balaban J connectivity index is 1.97. The molecule has 1 N–H and O–H groups in total. The highest BCUT2D eigenvalue weighted by Gasteiger charge is 2.08. The Labute approximate surface area is 151 Å². The first-order valence-electron chi connectivity index (χ1n) is 7.91. The molecule has 26 heavy (non-hydrogen) atoms. The Morgan fingerprint density at radius 2 is 1.92 bits per heavy atom. The Morgan fingerprint density at radius 3 is 2.62 bits per heavy atom. The fraction of sp³-hybridized carbons (Fsp3) is 0.263. The van der Waals surface area contributed by atoms with Crippen LogP contribution in [-0.4, -0.2) is 32.4 Å². The lowest BCUT2D eigenvalue weighted by Gasteiger charge is -2.10. The summed E-state index contributed by atoms with van der Waals surface area (Å²) in [5.41, 5.74) is 4.68. The number of ether oxygens (including phenoxy) is 3. The zero-order valence-corrected chi connectivity index (χ0v) is 14.9. The number of rotatable bonds is 8. The van der Waals surface area contributed by atoms with Crippen molar-refractivity contribution in [3.05, 3.63) is 59.4 Å². The summed E-state index contributed by atoms with van der Waals surface area (Å²) in [7, 11) is 3.19. The largest absolute Gasteiger partial charge is 0.496 e. The summed E-state index contributed by atoms with van der Waals surface area (Å²) >= 11 is 0. The summed E-state index contributed by atoms with van der Waals surface area (Å²) in [6, 6.07) is 11.4. The number of hydrazone groups is 1. The van der Waals surface area contributed by atoms with Crippen LogP contribution < -0.4 is 14.9 Å². The summed E-state index contributed by atoms with van der Waals surface area (Å²) < 4.78 is 29.0. The normalized spacial score (nSPS) is 11.2. The van der Waals surface area contributed by atoms with Gasteiger partial charge in [-0.05, 0) is 42.8 Å². The SMILES string of the molecule is COCc1cc(/C(C)=N\NC(=O)COc2ccccc2F)ccc1OC. The molecular formula is C19H21FN2O4. The molecule has 0 spiro atoms. The smallest absolute Gasteiger partial charge is 0.277 e. The predicted molar refractivity (Wildman–Crippen MR) is 96.0 cm³/mol. The highest BCUT2D eigenvalue weighted by atomic mass is 19.1. The summed E-state index contributed by atoms with van der Waals surface area (Å²) in [5.74, 6) is -0.282. The van der Waals surface area contributed by atoms with E-state index in [9.17, 15) is 9.18 Å². The number of nitrogens with one attached hydrogen (secondary N) is 1. The lowest BCUT2D eigenvalue weighted by molar-refractivity contribution is -0.123. The third kappa shape index (κ3) is 5.29. The molecule has 0 saturated heterocycles. The molecule has 0 unspecified atom stereocenters. The number of hydrogen-bond donors (Lipinski definition) is 1. The minimum atomic E-state index is -0.524. The molecule has 2 aromatic rings. The van der Waals surface area contributed by atoms with Gasteiger partial charge in [0.1, 0.15) is 5.75 Å². The van der Waals surface area contributed by atoms with Crippen molar-refractivity contribution < 1.29 is 23.4 Å². The monoisotopic (exact) mass is 360 g/mol.